The van der Waals surface area contributed by atoms with Gasteiger partial charge in [0.2, 0.25) is 0 Å². The van der Waals surface area contributed by atoms with Crippen molar-refractivity contribution in [3.63, 3.8) is 0 Å². The molecule has 0 heterocycles. The lowest BCUT2D eigenvalue weighted by Crippen LogP contribution is -2.16. The lowest BCUT2D eigenvalue weighted by molar-refractivity contribution is -0.637. The monoisotopic (exact) mass is 177 g/mol. The second-order valence-electron chi connectivity index (χ2n) is 0.755. The van der Waals surface area contributed by atoms with Crippen molar-refractivity contribution in [1.82, 2.24) is 0 Å². The van der Waals surface area contributed by atoms with Crippen LogP contribution in [0.25, 0.3) is 0 Å². The molecule has 0 aromatic carbocycles. The van der Waals surface area contributed by atoms with E-state index in [9.17, 15) is 17.9 Å². The van der Waals surface area contributed by atoms with Gasteiger partial charge in [-0.3, -0.25) is 0 Å². The third-order valence-corrected chi connectivity index (χ3v) is 2.37. The summed E-state index contributed by atoms with van der Waals surface area (Å²) in [7, 11) is -7.96. The van der Waals surface area contributed by atoms with Gasteiger partial charge in [0.15, 0.2) is 0 Å². The molecule has 56 valence electrons. The summed E-state index contributed by atoms with van der Waals surface area (Å²) in [6.07, 6.45) is 0. The van der Waals surface area contributed by atoms with Crippen LogP contribution < -0.4 is 5.26 Å². The van der Waals surface area contributed by atoms with Crippen molar-refractivity contribution < 1.29 is 31.8 Å². The molecule has 0 saturated carbocycles. The summed E-state index contributed by atoms with van der Waals surface area (Å²) in [6, 6.07) is 0. The molecule has 0 aromatic rings. The lowest BCUT2D eigenvalue weighted by atomic mass is 14.9. The Morgan fingerprint density at radius 3 is 2.00 bits per heavy atom. The van der Waals surface area contributed by atoms with Gasteiger partial charge in [-0.1, -0.05) is 0 Å². The third-order valence-electron chi connectivity index (χ3n) is 0.341. The molecule has 0 aliphatic carbocycles. The highest BCUT2D eigenvalue weighted by molar-refractivity contribution is 8.32. The van der Waals surface area contributed by atoms with E-state index < -0.39 is 18.3 Å². The molecule has 9 heavy (non-hydrogen) atoms. The molecular formula is HO7S2-. The Balaban J connectivity index is 5.26. The van der Waals surface area contributed by atoms with Crippen LogP contribution in [0, 0.1) is 0 Å². The first-order valence-corrected chi connectivity index (χ1v) is 4.35. The highest BCUT2D eigenvalue weighted by atomic mass is 32.9. The SMILES string of the molecule is O=S(=O)=S(=O)(O[O-])OO. The number of hydrogen-bond donors (Lipinski definition) is 1. The first-order chi connectivity index (χ1) is 4.06. The summed E-state index contributed by atoms with van der Waals surface area (Å²) in [4.78, 5) is 0. The van der Waals surface area contributed by atoms with Crippen molar-refractivity contribution in [3.8, 4) is 0 Å². The van der Waals surface area contributed by atoms with Crippen molar-refractivity contribution in [2.45, 2.75) is 0 Å². The summed E-state index contributed by atoms with van der Waals surface area (Å²) in [6.45, 7) is 0. The van der Waals surface area contributed by atoms with E-state index in [1.54, 1.807) is 0 Å². The molecule has 0 amide bonds. The minimum Gasteiger partial charge on any atom is -0.707 e. The summed E-state index contributed by atoms with van der Waals surface area (Å²) < 4.78 is 34.5. The zero-order valence-corrected chi connectivity index (χ0v) is 5.35. The van der Waals surface area contributed by atoms with Gasteiger partial charge in [0.1, 0.15) is 0 Å². The summed E-state index contributed by atoms with van der Waals surface area (Å²) in [5.41, 5.74) is 0. The Morgan fingerprint density at radius 2 is 2.00 bits per heavy atom. The zero-order valence-electron chi connectivity index (χ0n) is 3.71. The van der Waals surface area contributed by atoms with Crippen molar-refractivity contribution in [2.24, 2.45) is 0 Å². The van der Waals surface area contributed by atoms with Crippen LogP contribution in [-0.4, -0.2) is 17.9 Å². The van der Waals surface area contributed by atoms with Gasteiger partial charge >= 0.3 is 18.3 Å². The highest BCUT2D eigenvalue weighted by Crippen LogP contribution is 1.88. The van der Waals surface area contributed by atoms with Gasteiger partial charge in [0, 0.05) is 0 Å². The van der Waals surface area contributed by atoms with Crippen LogP contribution in [0.4, 0.5) is 0 Å². The largest absolute Gasteiger partial charge is 0.707 e. The molecular weight excluding hydrogens is 176 g/mol. The van der Waals surface area contributed by atoms with Crippen LogP contribution in [0.3, 0.4) is 0 Å². The van der Waals surface area contributed by atoms with Gasteiger partial charge in [-0.25, -0.2) is 5.26 Å². The standard InChI is InChI=1S/H2O7S2/c1-6-9(5,7-2)8(3)4/h1-2H/p-1. The summed E-state index contributed by atoms with van der Waals surface area (Å²) >= 11 is 0. The van der Waals surface area contributed by atoms with Crippen molar-refractivity contribution in [2.75, 3.05) is 0 Å². The summed E-state index contributed by atoms with van der Waals surface area (Å²) in [5.74, 6) is 0. The molecule has 0 aliphatic rings. The van der Waals surface area contributed by atoms with Crippen molar-refractivity contribution in [3.05, 3.63) is 0 Å². The normalized spacial score (nSPS) is 16.7. The molecule has 0 radical (unpaired) electrons. The van der Waals surface area contributed by atoms with E-state index in [-0.39, 0.29) is 0 Å². The van der Waals surface area contributed by atoms with E-state index >= 15 is 0 Å². The van der Waals surface area contributed by atoms with E-state index in [1.165, 1.54) is 0 Å². The maximum atomic E-state index is 10.0. The van der Waals surface area contributed by atoms with Crippen LogP contribution >= 0.6 is 0 Å². The molecule has 1 atom stereocenters. The Morgan fingerprint density at radius 1 is 1.56 bits per heavy atom. The molecule has 0 saturated heterocycles. The molecule has 0 fully saturated rings. The maximum Gasteiger partial charge on any atom is 0.337 e. The Kier molecular flexibility index (Phi) is 3.03. The average molecular weight is 177 g/mol. The van der Waals surface area contributed by atoms with Gasteiger partial charge in [-0.2, -0.15) is 12.6 Å². The Hall–Kier alpha value is -0.190. The lowest BCUT2D eigenvalue weighted by Gasteiger charge is -2.02. The quantitative estimate of drug-likeness (QED) is 0.372. The van der Waals surface area contributed by atoms with Crippen LogP contribution in [0.5, 0.6) is 0 Å². The molecule has 0 aliphatic heterocycles. The van der Waals surface area contributed by atoms with Gasteiger partial charge in [0.25, 0.3) is 0 Å². The molecule has 1 unspecified atom stereocenters. The first-order valence-electron chi connectivity index (χ1n) is 1.35. The van der Waals surface area contributed by atoms with Crippen LogP contribution in [0.2, 0.25) is 0 Å². The summed E-state index contributed by atoms with van der Waals surface area (Å²) in [5, 5.41) is 16.6. The van der Waals surface area contributed by atoms with Crippen LogP contribution in [-0.2, 0) is 27.0 Å². The fourth-order valence-electron chi connectivity index (χ4n) is 0.0599. The molecule has 1 N–H and O–H groups in total. The second-order valence-corrected chi connectivity index (χ2v) is 4.31. The number of rotatable bonds is 2. The van der Waals surface area contributed by atoms with Gasteiger partial charge in [-0.15, -0.1) is 4.33 Å². The van der Waals surface area contributed by atoms with E-state index in [0.29, 0.717) is 0 Å². The smallest absolute Gasteiger partial charge is 0.337 e. The molecule has 0 spiro atoms. The third kappa shape index (κ3) is 1.89. The average Bonchev–Trinajstić information content (AvgIpc) is 1.86. The van der Waals surface area contributed by atoms with E-state index in [4.69, 9.17) is 5.26 Å². The van der Waals surface area contributed by atoms with Crippen molar-refractivity contribution in [1.29, 1.82) is 0 Å². The van der Waals surface area contributed by atoms with E-state index in [0.717, 1.165) is 0 Å². The molecule has 0 rings (SSSR count). The first kappa shape index (κ1) is 8.81. The van der Waals surface area contributed by atoms with Gasteiger partial charge in [0.05, 0.1) is 0 Å². The maximum absolute atomic E-state index is 10.0. The minimum atomic E-state index is -4.56. The Bertz CT molecular complexity index is 254. The zero-order chi connectivity index (χ0) is 7.49. The van der Waals surface area contributed by atoms with Gasteiger partial charge in [-0.05, 0) is 0 Å². The molecule has 7 nitrogen and oxygen atoms in total. The molecule has 0 aromatic heterocycles. The van der Waals surface area contributed by atoms with Crippen molar-refractivity contribution >= 4 is 18.3 Å². The second kappa shape index (κ2) is 3.10. The number of hydrogen-bond acceptors (Lipinski definition) is 7. The fourth-order valence-corrected chi connectivity index (χ4v) is 0.465. The predicted octanol–water partition coefficient (Wildman–Crippen LogP) is -2.32. The van der Waals surface area contributed by atoms with Gasteiger partial charge < -0.3 is 9.59 Å². The Labute approximate surface area is 50.9 Å². The van der Waals surface area contributed by atoms with E-state index in [1.807, 2.05) is 0 Å². The van der Waals surface area contributed by atoms with E-state index in [2.05, 4.69) is 8.67 Å². The highest BCUT2D eigenvalue weighted by Gasteiger charge is 2.04. The molecule has 9 heteroatoms. The topological polar surface area (TPSA) is 113 Å². The van der Waals surface area contributed by atoms with Crippen LogP contribution in [0.1, 0.15) is 0 Å². The predicted molar refractivity (Wildman–Crippen MR) is 21.9 cm³/mol. The minimum absolute atomic E-state index is 2.54. The van der Waals surface area contributed by atoms with Crippen LogP contribution in [0.15, 0.2) is 0 Å². The molecule has 0 bridgehead atoms. The fraction of sp³-hybridized carbons (Fsp3) is 0.